The third kappa shape index (κ3) is 3.70. The molecule has 3 N–H and O–H groups in total. The fraction of sp³-hybridized carbons (Fsp3) is 0.706. The zero-order valence-corrected chi connectivity index (χ0v) is 14.2. The number of nitrogens with two attached hydrogens (primary N) is 1. The molecule has 3 atom stereocenters. The summed E-state index contributed by atoms with van der Waals surface area (Å²) in [5.41, 5.74) is 7.51. The van der Waals surface area contributed by atoms with E-state index in [4.69, 9.17) is 5.73 Å². The molecule has 1 aliphatic heterocycles. The molecule has 3 rings (SSSR count). The smallest absolute Gasteiger partial charge is 0.220 e. The van der Waals surface area contributed by atoms with Gasteiger partial charge in [-0.05, 0) is 49.1 Å². The van der Waals surface area contributed by atoms with E-state index in [0.29, 0.717) is 18.4 Å². The van der Waals surface area contributed by atoms with Gasteiger partial charge in [-0.2, -0.15) is 0 Å². The highest BCUT2D eigenvalue weighted by Crippen LogP contribution is 2.27. The second kappa shape index (κ2) is 7.11. The average molecular weight is 321 g/mol. The van der Waals surface area contributed by atoms with Gasteiger partial charge >= 0.3 is 0 Å². The van der Waals surface area contributed by atoms with E-state index in [0.717, 1.165) is 38.9 Å². The van der Waals surface area contributed by atoms with E-state index in [-0.39, 0.29) is 11.9 Å². The first-order chi connectivity index (χ1) is 10.6. The molecule has 1 aromatic rings. The van der Waals surface area contributed by atoms with E-state index in [1.807, 2.05) is 11.3 Å². The van der Waals surface area contributed by atoms with Crippen molar-refractivity contribution in [3.8, 4) is 0 Å². The highest BCUT2D eigenvalue weighted by atomic mass is 32.1. The highest BCUT2D eigenvalue weighted by molar-refractivity contribution is 7.10. The Kier molecular flexibility index (Phi) is 5.16. The third-order valence-electron chi connectivity index (χ3n) is 5.22. The monoisotopic (exact) mass is 321 g/mol. The second-order valence-electron chi connectivity index (χ2n) is 6.80. The van der Waals surface area contributed by atoms with Gasteiger partial charge in [0, 0.05) is 43.0 Å². The number of hydrogen-bond acceptors (Lipinski definition) is 4. The number of nitrogens with one attached hydrogen (secondary N) is 1. The van der Waals surface area contributed by atoms with E-state index in [1.165, 1.54) is 16.9 Å². The molecule has 2 aliphatic rings. The number of carbonyl (C=O) groups excluding carboxylic acids is 1. The summed E-state index contributed by atoms with van der Waals surface area (Å²) in [7, 11) is 0. The van der Waals surface area contributed by atoms with Gasteiger partial charge in [-0.1, -0.05) is 6.42 Å². The second-order valence-corrected chi connectivity index (χ2v) is 7.80. The first kappa shape index (κ1) is 16.0. The summed E-state index contributed by atoms with van der Waals surface area (Å²) in [4.78, 5) is 16.1. The first-order valence-electron chi connectivity index (χ1n) is 8.45. The molecule has 2 heterocycles. The first-order valence-corrected chi connectivity index (χ1v) is 9.33. The van der Waals surface area contributed by atoms with Crippen molar-refractivity contribution in [2.75, 3.05) is 13.1 Å². The van der Waals surface area contributed by atoms with Crippen molar-refractivity contribution in [1.29, 1.82) is 0 Å². The molecule has 122 valence electrons. The fourth-order valence-electron chi connectivity index (χ4n) is 3.67. The molecule has 1 unspecified atom stereocenters. The predicted octanol–water partition coefficient (Wildman–Crippen LogP) is 2.13. The topological polar surface area (TPSA) is 58.4 Å². The zero-order chi connectivity index (χ0) is 15.5. The molecule has 0 radical (unpaired) electrons. The summed E-state index contributed by atoms with van der Waals surface area (Å²) in [6.07, 6.45) is 5.10. The van der Waals surface area contributed by atoms with Gasteiger partial charge in [0.2, 0.25) is 5.91 Å². The summed E-state index contributed by atoms with van der Waals surface area (Å²) in [6, 6.07) is 2.84. The molecule has 4 nitrogen and oxygen atoms in total. The number of thiophene rings is 1. The summed E-state index contributed by atoms with van der Waals surface area (Å²) in [5.74, 6) is 0.557. The van der Waals surface area contributed by atoms with E-state index in [2.05, 4.69) is 28.6 Å². The lowest BCUT2D eigenvalue weighted by atomic mass is 10.00. The Morgan fingerprint density at radius 3 is 3.18 bits per heavy atom. The maximum absolute atomic E-state index is 12.1. The maximum atomic E-state index is 12.1. The van der Waals surface area contributed by atoms with Crippen LogP contribution in [-0.4, -0.2) is 36.0 Å². The molecule has 1 aromatic heterocycles. The Balaban J connectivity index is 1.42. The van der Waals surface area contributed by atoms with Gasteiger partial charge in [0.15, 0.2) is 0 Å². The predicted molar refractivity (Wildman–Crippen MR) is 90.8 cm³/mol. The lowest BCUT2D eigenvalue weighted by Gasteiger charge is -2.32. The highest BCUT2D eigenvalue weighted by Gasteiger charge is 2.26. The van der Waals surface area contributed by atoms with Crippen molar-refractivity contribution < 1.29 is 4.79 Å². The molecular formula is C17H27N3OS. The van der Waals surface area contributed by atoms with Crippen LogP contribution in [0.5, 0.6) is 0 Å². The molecule has 5 heteroatoms. The van der Waals surface area contributed by atoms with Gasteiger partial charge in [0.1, 0.15) is 0 Å². The number of hydrogen-bond donors (Lipinski definition) is 2. The van der Waals surface area contributed by atoms with E-state index < -0.39 is 0 Å². The molecule has 0 aromatic carbocycles. The molecular weight excluding hydrogens is 294 g/mol. The summed E-state index contributed by atoms with van der Waals surface area (Å²) in [6.45, 7) is 5.06. The minimum Gasteiger partial charge on any atom is -0.355 e. The maximum Gasteiger partial charge on any atom is 0.220 e. The number of nitrogens with zero attached hydrogens (tertiary/aromatic N) is 1. The molecule has 0 bridgehead atoms. The van der Waals surface area contributed by atoms with Crippen LogP contribution in [0.3, 0.4) is 0 Å². The normalized spacial score (nSPS) is 26.6. The van der Waals surface area contributed by atoms with E-state index in [1.54, 1.807) is 0 Å². The largest absolute Gasteiger partial charge is 0.355 e. The Labute approximate surface area is 137 Å². The van der Waals surface area contributed by atoms with E-state index >= 15 is 0 Å². The average Bonchev–Trinajstić information content (AvgIpc) is 3.13. The standard InChI is InChI=1S/C17H27N3OS/c1-12(20-7-5-16-14(11-20)6-8-22-16)10-19-17(21)9-13-3-2-4-15(13)18/h6,8,12-13,15H,2-5,7,9-11,18H2,1H3,(H,19,21)/t12?,13-,15+/m0/s1. The molecule has 0 spiro atoms. The Morgan fingerprint density at radius 2 is 2.41 bits per heavy atom. The number of fused-ring (bicyclic) bond motifs is 1. The van der Waals surface area contributed by atoms with Crippen LogP contribution in [-0.2, 0) is 17.8 Å². The summed E-state index contributed by atoms with van der Waals surface area (Å²) >= 11 is 1.87. The molecule has 1 aliphatic carbocycles. The van der Waals surface area contributed by atoms with Crippen LogP contribution in [0.2, 0.25) is 0 Å². The lowest BCUT2D eigenvalue weighted by molar-refractivity contribution is -0.122. The molecule has 1 fully saturated rings. The summed E-state index contributed by atoms with van der Waals surface area (Å²) in [5, 5.41) is 5.30. The van der Waals surface area contributed by atoms with Crippen molar-refractivity contribution >= 4 is 17.2 Å². The van der Waals surface area contributed by atoms with Crippen LogP contribution in [0.15, 0.2) is 11.4 Å². The number of amides is 1. The van der Waals surface area contributed by atoms with Gasteiger partial charge in [-0.15, -0.1) is 11.3 Å². The van der Waals surface area contributed by atoms with Gasteiger partial charge in [-0.3, -0.25) is 9.69 Å². The van der Waals surface area contributed by atoms with Crippen LogP contribution < -0.4 is 11.1 Å². The summed E-state index contributed by atoms with van der Waals surface area (Å²) < 4.78 is 0. The minimum absolute atomic E-state index is 0.169. The number of carbonyl (C=O) groups is 1. The zero-order valence-electron chi connectivity index (χ0n) is 13.4. The fourth-order valence-corrected chi connectivity index (χ4v) is 4.56. The molecule has 22 heavy (non-hydrogen) atoms. The lowest BCUT2D eigenvalue weighted by Crippen LogP contribution is -2.44. The Hall–Kier alpha value is -0.910. The van der Waals surface area contributed by atoms with E-state index in [9.17, 15) is 4.79 Å². The quantitative estimate of drug-likeness (QED) is 0.873. The van der Waals surface area contributed by atoms with Crippen LogP contribution in [0, 0.1) is 5.92 Å². The van der Waals surface area contributed by atoms with Crippen LogP contribution in [0.25, 0.3) is 0 Å². The minimum atomic E-state index is 0.169. The van der Waals surface area contributed by atoms with Crippen molar-refractivity contribution in [2.45, 2.75) is 57.7 Å². The molecule has 1 saturated carbocycles. The van der Waals surface area contributed by atoms with Crippen LogP contribution in [0.1, 0.15) is 43.0 Å². The van der Waals surface area contributed by atoms with Crippen molar-refractivity contribution in [3.63, 3.8) is 0 Å². The van der Waals surface area contributed by atoms with Crippen LogP contribution in [0.4, 0.5) is 0 Å². The third-order valence-corrected chi connectivity index (χ3v) is 6.24. The van der Waals surface area contributed by atoms with Crippen LogP contribution >= 0.6 is 11.3 Å². The van der Waals surface area contributed by atoms with Gasteiger partial charge in [0.25, 0.3) is 0 Å². The van der Waals surface area contributed by atoms with Crippen molar-refractivity contribution in [3.05, 3.63) is 21.9 Å². The molecule has 0 saturated heterocycles. The Bertz CT molecular complexity index is 516. The van der Waals surface area contributed by atoms with Gasteiger partial charge in [0.05, 0.1) is 0 Å². The van der Waals surface area contributed by atoms with Gasteiger partial charge < -0.3 is 11.1 Å². The number of rotatable bonds is 5. The Morgan fingerprint density at radius 1 is 1.55 bits per heavy atom. The van der Waals surface area contributed by atoms with Crippen molar-refractivity contribution in [1.82, 2.24) is 10.2 Å². The van der Waals surface area contributed by atoms with Gasteiger partial charge in [-0.25, -0.2) is 0 Å². The SMILES string of the molecule is CC(CNC(=O)C[C@@H]1CCC[C@H]1N)N1CCc2sccc2C1. The van der Waals surface area contributed by atoms with Crippen molar-refractivity contribution in [2.24, 2.45) is 11.7 Å². The molecule has 1 amide bonds.